The van der Waals surface area contributed by atoms with Gasteiger partial charge in [0.2, 0.25) is 0 Å². The van der Waals surface area contributed by atoms with E-state index in [1.807, 2.05) is 30.3 Å². The molecular formula is C27H21F3N2O3S2. The van der Waals surface area contributed by atoms with Gasteiger partial charge in [-0.3, -0.25) is 9.52 Å². The zero-order chi connectivity index (χ0) is 26.6. The summed E-state index contributed by atoms with van der Waals surface area (Å²) in [5.74, 6) is -0.728. The number of carbonyl (C=O) groups excluding carboxylic acids is 1. The summed E-state index contributed by atoms with van der Waals surface area (Å²) in [7, 11) is -4.09. The molecule has 0 bridgehead atoms. The third-order valence-corrected chi connectivity index (χ3v) is 7.76. The minimum atomic E-state index is -4.56. The molecule has 37 heavy (non-hydrogen) atoms. The number of nitrogens with one attached hydrogen (secondary N) is 2. The molecule has 0 spiro atoms. The van der Waals surface area contributed by atoms with E-state index in [9.17, 15) is 26.4 Å². The van der Waals surface area contributed by atoms with Crippen LogP contribution in [0.1, 0.15) is 21.5 Å². The van der Waals surface area contributed by atoms with Crippen molar-refractivity contribution in [3.8, 4) is 0 Å². The summed E-state index contributed by atoms with van der Waals surface area (Å²) < 4.78 is 68.1. The van der Waals surface area contributed by atoms with Crippen molar-refractivity contribution >= 4 is 39.1 Å². The Morgan fingerprint density at radius 1 is 0.838 bits per heavy atom. The first kappa shape index (κ1) is 26.3. The number of anilines is 2. The van der Waals surface area contributed by atoms with Crippen molar-refractivity contribution in [2.24, 2.45) is 0 Å². The van der Waals surface area contributed by atoms with Gasteiger partial charge in [-0.1, -0.05) is 54.2 Å². The molecule has 0 aliphatic carbocycles. The maximum absolute atomic E-state index is 13.2. The fraction of sp³-hybridized carbons (Fsp3) is 0.0741. The quantitative estimate of drug-likeness (QED) is 0.259. The highest BCUT2D eigenvalue weighted by Crippen LogP contribution is 2.34. The highest BCUT2D eigenvalue weighted by Gasteiger charge is 2.30. The number of sulfonamides is 1. The Bertz CT molecular complexity index is 1540. The van der Waals surface area contributed by atoms with E-state index >= 15 is 0 Å². The van der Waals surface area contributed by atoms with E-state index in [2.05, 4.69) is 10.0 Å². The minimum absolute atomic E-state index is 0.0206. The number of halogens is 3. The van der Waals surface area contributed by atoms with Gasteiger partial charge in [0.25, 0.3) is 15.9 Å². The molecule has 0 radical (unpaired) electrons. The Morgan fingerprint density at radius 3 is 2.27 bits per heavy atom. The minimum Gasteiger partial charge on any atom is -0.322 e. The Labute approximate surface area is 216 Å². The Morgan fingerprint density at radius 2 is 1.54 bits per heavy atom. The van der Waals surface area contributed by atoms with E-state index in [1.54, 1.807) is 31.2 Å². The Hall–Kier alpha value is -3.76. The second kappa shape index (κ2) is 10.7. The molecule has 4 aromatic carbocycles. The number of hydrogen-bond donors (Lipinski definition) is 2. The summed E-state index contributed by atoms with van der Waals surface area (Å²) in [6.45, 7) is 1.61. The van der Waals surface area contributed by atoms with Crippen LogP contribution in [0, 0.1) is 6.92 Å². The molecule has 4 aromatic rings. The van der Waals surface area contributed by atoms with E-state index in [0.717, 1.165) is 17.0 Å². The van der Waals surface area contributed by atoms with Gasteiger partial charge in [0.1, 0.15) is 0 Å². The topological polar surface area (TPSA) is 75.3 Å². The predicted molar refractivity (Wildman–Crippen MR) is 138 cm³/mol. The summed E-state index contributed by atoms with van der Waals surface area (Å²) in [5, 5.41) is 2.42. The summed E-state index contributed by atoms with van der Waals surface area (Å²) in [5.41, 5.74) is -0.116. The zero-order valence-corrected chi connectivity index (χ0v) is 21.0. The maximum Gasteiger partial charge on any atom is 0.416 e. The summed E-state index contributed by atoms with van der Waals surface area (Å²) >= 11 is 1.39. The van der Waals surface area contributed by atoms with Crippen molar-refractivity contribution in [3.63, 3.8) is 0 Å². The molecular weight excluding hydrogens is 521 g/mol. The van der Waals surface area contributed by atoms with Crippen molar-refractivity contribution in [3.05, 3.63) is 114 Å². The standard InChI is InChI=1S/C27H21F3N2O3S2/c1-18-14-15-22(17-23(18)26(33)31-20-9-7-8-19(16-20)27(28,29)30)37(34,35)32-24-12-5-6-13-25(24)36-21-10-3-2-4-11-21/h2-17,32H,1H3,(H,31,33). The lowest BCUT2D eigenvalue weighted by Crippen LogP contribution is -2.17. The van der Waals surface area contributed by atoms with Crippen molar-refractivity contribution in [1.29, 1.82) is 0 Å². The molecule has 0 saturated carbocycles. The number of benzene rings is 4. The predicted octanol–water partition coefficient (Wildman–Crippen LogP) is 7.22. The molecule has 0 saturated heterocycles. The highest BCUT2D eigenvalue weighted by molar-refractivity contribution is 7.99. The van der Waals surface area contributed by atoms with Gasteiger partial charge in [-0.2, -0.15) is 13.2 Å². The van der Waals surface area contributed by atoms with E-state index in [1.165, 1.54) is 42.1 Å². The molecule has 0 heterocycles. The first-order valence-corrected chi connectivity index (χ1v) is 13.3. The van der Waals surface area contributed by atoms with Gasteiger partial charge in [0.15, 0.2) is 0 Å². The molecule has 0 aliphatic rings. The summed E-state index contributed by atoms with van der Waals surface area (Å²) in [6.07, 6.45) is -4.56. The van der Waals surface area contributed by atoms with Gasteiger partial charge in [-0.05, 0) is 67.1 Å². The van der Waals surface area contributed by atoms with Crippen LogP contribution in [-0.4, -0.2) is 14.3 Å². The molecule has 2 N–H and O–H groups in total. The average Bonchev–Trinajstić information content (AvgIpc) is 2.85. The third kappa shape index (κ3) is 6.52. The monoisotopic (exact) mass is 542 g/mol. The van der Waals surface area contributed by atoms with Crippen LogP contribution in [0.15, 0.2) is 112 Å². The van der Waals surface area contributed by atoms with E-state index in [-0.39, 0.29) is 16.1 Å². The molecule has 5 nitrogen and oxygen atoms in total. The molecule has 0 fully saturated rings. The zero-order valence-electron chi connectivity index (χ0n) is 19.4. The van der Waals surface area contributed by atoms with Crippen molar-refractivity contribution in [1.82, 2.24) is 0 Å². The number of alkyl halides is 3. The third-order valence-electron chi connectivity index (χ3n) is 5.31. The van der Waals surface area contributed by atoms with Crippen LogP contribution in [0.5, 0.6) is 0 Å². The maximum atomic E-state index is 13.2. The van der Waals surface area contributed by atoms with Crippen molar-refractivity contribution in [2.75, 3.05) is 10.0 Å². The molecule has 4 rings (SSSR count). The molecule has 10 heteroatoms. The van der Waals surface area contributed by atoms with Crippen molar-refractivity contribution in [2.45, 2.75) is 27.8 Å². The average molecular weight is 543 g/mol. The molecule has 0 atom stereocenters. The van der Waals surface area contributed by atoms with E-state index in [4.69, 9.17) is 0 Å². The van der Waals surface area contributed by atoms with E-state index in [0.29, 0.717) is 16.1 Å². The van der Waals surface area contributed by atoms with Crippen LogP contribution in [0.3, 0.4) is 0 Å². The number of carbonyl (C=O) groups is 1. The van der Waals surface area contributed by atoms with Crippen LogP contribution in [-0.2, 0) is 16.2 Å². The number of para-hydroxylation sites is 1. The molecule has 0 aromatic heterocycles. The van der Waals surface area contributed by atoms with Crippen molar-refractivity contribution < 1.29 is 26.4 Å². The SMILES string of the molecule is Cc1ccc(S(=O)(=O)Nc2ccccc2Sc2ccccc2)cc1C(=O)Nc1cccc(C(F)(F)F)c1. The smallest absolute Gasteiger partial charge is 0.322 e. The van der Waals surface area contributed by atoms with Gasteiger partial charge in [-0.25, -0.2) is 8.42 Å². The first-order valence-electron chi connectivity index (χ1n) is 11.0. The van der Waals surface area contributed by atoms with Crippen LogP contribution in [0.2, 0.25) is 0 Å². The normalized spacial score (nSPS) is 11.7. The van der Waals surface area contributed by atoms with Gasteiger partial charge in [0.05, 0.1) is 16.1 Å². The Balaban J connectivity index is 1.58. The number of hydrogen-bond acceptors (Lipinski definition) is 4. The lowest BCUT2D eigenvalue weighted by Gasteiger charge is -2.14. The van der Waals surface area contributed by atoms with Gasteiger partial charge in [0, 0.05) is 21.0 Å². The Kier molecular flexibility index (Phi) is 7.60. The van der Waals surface area contributed by atoms with Gasteiger partial charge < -0.3 is 5.32 Å². The number of amides is 1. The van der Waals surface area contributed by atoms with Crippen LogP contribution in [0.4, 0.5) is 24.5 Å². The molecule has 1 amide bonds. The molecule has 0 unspecified atom stereocenters. The molecule has 0 aliphatic heterocycles. The fourth-order valence-electron chi connectivity index (χ4n) is 3.44. The lowest BCUT2D eigenvalue weighted by molar-refractivity contribution is -0.137. The number of rotatable bonds is 7. The largest absolute Gasteiger partial charge is 0.416 e. The summed E-state index contributed by atoms with van der Waals surface area (Å²) in [6, 6.07) is 24.7. The first-order chi connectivity index (χ1) is 17.5. The lowest BCUT2D eigenvalue weighted by atomic mass is 10.1. The fourth-order valence-corrected chi connectivity index (χ4v) is 5.54. The van der Waals surface area contributed by atoms with Crippen LogP contribution in [0.25, 0.3) is 0 Å². The summed E-state index contributed by atoms with van der Waals surface area (Å²) in [4.78, 5) is 14.3. The second-order valence-corrected chi connectivity index (χ2v) is 10.8. The van der Waals surface area contributed by atoms with E-state index < -0.39 is 27.7 Å². The van der Waals surface area contributed by atoms with Crippen LogP contribution >= 0.6 is 11.8 Å². The second-order valence-electron chi connectivity index (χ2n) is 8.03. The van der Waals surface area contributed by atoms with Gasteiger partial charge >= 0.3 is 6.18 Å². The molecule has 190 valence electrons. The highest BCUT2D eigenvalue weighted by atomic mass is 32.2. The van der Waals surface area contributed by atoms with Crippen LogP contribution < -0.4 is 10.0 Å². The van der Waals surface area contributed by atoms with Gasteiger partial charge in [-0.15, -0.1) is 0 Å². The number of aryl methyl sites for hydroxylation is 1.